The molecule has 9 heavy (non-hydrogen) atoms. The first-order valence-electron chi connectivity index (χ1n) is 2.13. The minimum atomic E-state index is -3.07. The van der Waals surface area contributed by atoms with E-state index in [1.54, 1.807) is 0 Å². The third-order valence-corrected chi connectivity index (χ3v) is 0.681. The van der Waals surface area contributed by atoms with Crippen LogP contribution in [-0.2, 0) is 9.53 Å². The number of esters is 1. The van der Waals surface area contributed by atoms with Crippen LogP contribution in [0.3, 0.4) is 0 Å². The molecule has 0 unspecified atom stereocenters. The van der Waals surface area contributed by atoms with Crippen LogP contribution in [0, 0.1) is 0 Å². The first-order valence-corrected chi connectivity index (χ1v) is 2.13. The molecule has 0 amide bonds. The second-order valence-electron chi connectivity index (χ2n) is 1.30. The predicted octanol–water partition coefficient (Wildman–Crippen LogP) is -0.215. The largest absolute Gasteiger partial charge is 0.467 e. The number of rotatable bonds is 2. The molecular formula is C4H6F2O3. The van der Waals surface area contributed by atoms with Gasteiger partial charge in [0.1, 0.15) is 0 Å². The summed E-state index contributed by atoms with van der Waals surface area (Å²) in [6.07, 6.45) is -5.38. The van der Waals surface area contributed by atoms with E-state index < -0.39 is 18.5 Å². The molecule has 1 N–H and O–H groups in total. The predicted molar refractivity (Wildman–Crippen MR) is 24.0 cm³/mol. The van der Waals surface area contributed by atoms with Gasteiger partial charge in [-0.1, -0.05) is 0 Å². The van der Waals surface area contributed by atoms with Crippen molar-refractivity contribution in [1.29, 1.82) is 0 Å². The molecule has 1 atom stereocenters. The molecular weight excluding hydrogens is 134 g/mol. The van der Waals surface area contributed by atoms with Crippen LogP contribution in [0.1, 0.15) is 0 Å². The van der Waals surface area contributed by atoms with Crippen LogP contribution >= 0.6 is 0 Å². The Morgan fingerprint density at radius 1 is 1.67 bits per heavy atom. The number of carbonyl (C=O) groups is 1. The van der Waals surface area contributed by atoms with Crippen molar-refractivity contribution < 1.29 is 23.4 Å². The fourth-order valence-electron chi connectivity index (χ4n) is 0.224. The molecule has 0 aromatic rings. The van der Waals surface area contributed by atoms with Crippen molar-refractivity contribution in [2.24, 2.45) is 0 Å². The molecule has 0 bridgehead atoms. The number of carbonyl (C=O) groups excluding carboxylic acids is 1. The highest BCUT2D eigenvalue weighted by Crippen LogP contribution is 2.00. The number of halogens is 2. The van der Waals surface area contributed by atoms with Gasteiger partial charge in [0.05, 0.1) is 7.11 Å². The van der Waals surface area contributed by atoms with Crippen LogP contribution in [0.4, 0.5) is 8.78 Å². The maximum absolute atomic E-state index is 11.3. The van der Waals surface area contributed by atoms with Crippen LogP contribution in [0.2, 0.25) is 0 Å². The summed E-state index contributed by atoms with van der Waals surface area (Å²) in [6, 6.07) is 0. The number of methoxy groups -OCH3 is 1. The Balaban J connectivity index is 3.72. The highest BCUT2D eigenvalue weighted by molar-refractivity contribution is 5.74. The number of aliphatic hydroxyl groups is 1. The summed E-state index contributed by atoms with van der Waals surface area (Å²) in [5, 5.41) is 8.17. The second kappa shape index (κ2) is 3.34. The van der Waals surface area contributed by atoms with Gasteiger partial charge in [0.25, 0.3) is 6.43 Å². The summed E-state index contributed by atoms with van der Waals surface area (Å²) in [5.41, 5.74) is 0. The van der Waals surface area contributed by atoms with Gasteiger partial charge in [0.15, 0.2) is 0 Å². The van der Waals surface area contributed by atoms with Crippen LogP contribution in [0.5, 0.6) is 0 Å². The molecule has 0 aliphatic rings. The van der Waals surface area contributed by atoms with E-state index in [-0.39, 0.29) is 0 Å². The number of hydrogen-bond donors (Lipinski definition) is 1. The van der Waals surface area contributed by atoms with Crippen LogP contribution in [0.15, 0.2) is 0 Å². The molecule has 0 heterocycles. The van der Waals surface area contributed by atoms with Crippen molar-refractivity contribution in [2.45, 2.75) is 12.5 Å². The van der Waals surface area contributed by atoms with Crippen molar-refractivity contribution in [3.63, 3.8) is 0 Å². The van der Waals surface area contributed by atoms with Gasteiger partial charge in [-0.15, -0.1) is 0 Å². The van der Waals surface area contributed by atoms with Crippen molar-refractivity contribution in [2.75, 3.05) is 7.11 Å². The molecule has 3 nitrogen and oxygen atoms in total. The van der Waals surface area contributed by atoms with Gasteiger partial charge in [0.2, 0.25) is 6.10 Å². The molecule has 0 rings (SSSR count). The smallest absolute Gasteiger partial charge is 0.340 e. The SMILES string of the molecule is COC(=O)[C@H](O)C(F)F. The highest BCUT2D eigenvalue weighted by Gasteiger charge is 2.25. The van der Waals surface area contributed by atoms with Gasteiger partial charge in [-0.2, -0.15) is 0 Å². The molecule has 0 aromatic carbocycles. The van der Waals surface area contributed by atoms with E-state index in [1.165, 1.54) is 0 Å². The second-order valence-corrected chi connectivity index (χ2v) is 1.30. The Kier molecular flexibility index (Phi) is 3.08. The van der Waals surface area contributed by atoms with Crippen LogP contribution in [0.25, 0.3) is 0 Å². The van der Waals surface area contributed by atoms with Crippen molar-refractivity contribution >= 4 is 5.97 Å². The van der Waals surface area contributed by atoms with Crippen molar-refractivity contribution in [1.82, 2.24) is 0 Å². The summed E-state index contributed by atoms with van der Waals surface area (Å²) in [6.45, 7) is 0. The number of alkyl halides is 2. The summed E-state index contributed by atoms with van der Waals surface area (Å²) in [5.74, 6) is -1.31. The summed E-state index contributed by atoms with van der Waals surface area (Å²) in [4.78, 5) is 10.0. The minimum Gasteiger partial charge on any atom is -0.467 e. The molecule has 0 saturated carbocycles. The normalized spacial score (nSPS) is 13.4. The topological polar surface area (TPSA) is 46.5 Å². The van der Waals surface area contributed by atoms with Gasteiger partial charge in [-0.05, 0) is 0 Å². The fraction of sp³-hybridized carbons (Fsp3) is 0.750. The van der Waals surface area contributed by atoms with E-state index >= 15 is 0 Å². The lowest BCUT2D eigenvalue weighted by molar-refractivity contribution is -0.158. The van der Waals surface area contributed by atoms with Gasteiger partial charge in [-0.3, -0.25) is 0 Å². The third kappa shape index (κ3) is 2.36. The van der Waals surface area contributed by atoms with Crippen LogP contribution < -0.4 is 0 Å². The average Bonchev–Trinajstić information content (AvgIpc) is 1.84. The number of ether oxygens (including phenoxy) is 1. The highest BCUT2D eigenvalue weighted by atomic mass is 19.3. The Labute approximate surface area is 50.2 Å². The first kappa shape index (κ1) is 8.29. The quantitative estimate of drug-likeness (QED) is 0.539. The molecule has 0 aromatic heterocycles. The van der Waals surface area contributed by atoms with Gasteiger partial charge >= 0.3 is 5.97 Å². The molecule has 0 aliphatic heterocycles. The molecule has 0 fully saturated rings. The molecule has 5 heteroatoms. The van der Waals surface area contributed by atoms with Crippen molar-refractivity contribution in [3.8, 4) is 0 Å². The monoisotopic (exact) mass is 140 g/mol. The fourth-order valence-corrected chi connectivity index (χ4v) is 0.224. The number of hydrogen-bond acceptors (Lipinski definition) is 3. The maximum Gasteiger partial charge on any atom is 0.340 e. The Morgan fingerprint density at radius 2 is 2.11 bits per heavy atom. The van der Waals surface area contributed by atoms with E-state index in [0.29, 0.717) is 0 Å². The molecule has 0 saturated heterocycles. The van der Waals surface area contributed by atoms with Gasteiger partial charge < -0.3 is 9.84 Å². The summed E-state index contributed by atoms with van der Waals surface area (Å²) < 4.78 is 26.4. The lowest BCUT2D eigenvalue weighted by Gasteiger charge is -2.04. The number of aliphatic hydroxyl groups excluding tert-OH is 1. The Hall–Kier alpha value is -0.710. The zero-order chi connectivity index (χ0) is 7.44. The van der Waals surface area contributed by atoms with E-state index in [1.807, 2.05) is 0 Å². The first-order chi connectivity index (χ1) is 4.09. The molecule has 0 aliphatic carbocycles. The van der Waals surface area contributed by atoms with E-state index in [0.717, 1.165) is 7.11 Å². The van der Waals surface area contributed by atoms with E-state index in [2.05, 4.69) is 4.74 Å². The van der Waals surface area contributed by atoms with E-state index in [4.69, 9.17) is 5.11 Å². The maximum atomic E-state index is 11.3. The average molecular weight is 140 g/mol. The van der Waals surface area contributed by atoms with Gasteiger partial charge in [-0.25, -0.2) is 13.6 Å². The zero-order valence-corrected chi connectivity index (χ0v) is 4.67. The molecule has 0 radical (unpaired) electrons. The zero-order valence-electron chi connectivity index (χ0n) is 4.67. The third-order valence-electron chi connectivity index (χ3n) is 0.681. The summed E-state index contributed by atoms with van der Waals surface area (Å²) >= 11 is 0. The molecule has 54 valence electrons. The lowest BCUT2D eigenvalue weighted by atomic mass is 10.4. The van der Waals surface area contributed by atoms with E-state index in [9.17, 15) is 13.6 Å². The van der Waals surface area contributed by atoms with Gasteiger partial charge in [0, 0.05) is 0 Å². The van der Waals surface area contributed by atoms with Crippen molar-refractivity contribution in [3.05, 3.63) is 0 Å². The standard InChI is InChI=1S/C4H6F2O3/c1-9-4(8)2(7)3(5)6/h2-3,7H,1H3/t2-/m1/s1. The Morgan fingerprint density at radius 3 is 2.22 bits per heavy atom. The molecule has 0 spiro atoms. The lowest BCUT2D eigenvalue weighted by Crippen LogP contribution is -2.28. The van der Waals surface area contributed by atoms with Crippen LogP contribution in [-0.4, -0.2) is 30.7 Å². The minimum absolute atomic E-state index is 0.925. The Bertz CT molecular complexity index is 104. The summed E-state index contributed by atoms with van der Waals surface area (Å²) in [7, 11) is 0.925.